The maximum absolute atomic E-state index is 12.7. The molecule has 2 aromatic carbocycles. The zero-order valence-corrected chi connectivity index (χ0v) is 16.4. The molecule has 0 saturated heterocycles. The first-order valence-corrected chi connectivity index (χ1v) is 10.1. The molecule has 4 rings (SSSR count). The van der Waals surface area contributed by atoms with E-state index in [2.05, 4.69) is 34.5 Å². The smallest absolute Gasteiger partial charge is 0.243 e. The van der Waals surface area contributed by atoms with Crippen LogP contribution in [0.15, 0.2) is 48.5 Å². The van der Waals surface area contributed by atoms with Gasteiger partial charge >= 0.3 is 0 Å². The van der Waals surface area contributed by atoms with Gasteiger partial charge in [0.25, 0.3) is 0 Å². The molecule has 0 fully saturated rings. The number of rotatable bonds is 5. The highest BCUT2D eigenvalue weighted by Gasteiger charge is 2.36. The van der Waals surface area contributed by atoms with Gasteiger partial charge in [0.2, 0.25) is 11.8 Å². The van der Waals surface area contributed by atoms with Crippen molar-refractivity contribution < 1.29 is 9.59 Å². The number of hydrogen-bond donors (Lipinski definition) is 1. The van der Waals surface area contributed by atoms with Crippen LogP contribution in [0.4, 0.5) is 5.69 Å². The summed E-state index contributed by atoms with van der Waals surface area (Å²) in [5, 5.41) is 3.04. The molecule has 2 aliphatic heterocycles. The first kappa shape index (κ1) is 18.7. The normalized spacial score (nSPS) is 18.5. The van der Waals surface area contributed by atoms with Crippen LogP contribution in [0.2, 0.25) is 0 Å². The van der Waals surface area contributed by atoms with Crippen molar-refractivity contribution in [3.8, 4) is 0 Å². The second kappa shape index (κ2) is 8.15. The molecule has 1 unspecified atom stereocenters. The van der Waals surface area contributed by atoms with Gasteiger partial charge in [-0.15, -0.1) is 0 Å². The molecule has 146 valence electrons. The fourth-order valence-corrected chi connectivity index (χ4v) is 4.36. The summed E-state index contributed by atoms with van der Waals surface area (Å²) < 4.78 is 0. The van der Waals surface area contributed by atoms with Crippen LogP contribution >= 0.6 is 0 Å². The monoisotopic (exact) mass is 377 g/mol. The summed E-state index contributed by atoms with van der Waals surface area (Å²) in [5.74, 6) is -0.146. The lowest BCUT2D eigenvalue weighted by Crippen LogP contribution is -2.47. The number of fused-ring (bicyclic) bond motifs is 2. The zero-order chi connectivity index (χ0) is 19.5. The van der Waals surface area contributed by atoms with Crippen molar-refractivity contribution in [2.24, 2.45) is 0 Å². The van der Waals surface area contributed by atoms with Gasteiger partial charge in [-0.25, -0.2) is 0 Å². The number of hydrogen-bond acceptors (Lipinski definition) is 3. The lowest BCUT2D eigenvalue weighted by Gasteiger charge is -2.28. The van der Waals surface area contributed by atoms with Crippen LogP contribution in [0, 0.1) is 0 Å². The van der Waals surface area contributed by atoms with Crippen molar-refractivity contribution in [3.05, 3.63) is 65.2 Å². The molecule has 2 aromatic rings. The molecule has 2 heterocycles. The third kappa shape index (κ3) is 3.80. The Morgan fingerprint density at radius 1 is 1.04 bits per heavy atom. The summed E-state index contributed by atoms with van der Waals surface area (Å²) in [6.45, 7) is 5.18. The summed E-state index contributed by atoms with van der Waals surface area (Å²) in [7, 11) is 0. The van der Waals surface area contributed by atoms with E-state index in [-0.39, 0.29) is 11.8 Å². The summed E-state index contributed by atoms with van der Waals surface area (Å²) >= 11 is 0. The molecule has 0 aromatic heterocycles. The Morgan fingerprint density at radius 3 is 2.54 bits per heavy atom. The van der Waals surface area contributed by atoms with Crippen LogP contribution in [0.3, 0.4) is 0 Å². The number of nitrogens with zero attached hydrogens (tertiary/aromatic N) is 2. The highest BCUT2D eigenvalue weighted by Crippen LogP contribution is 2.32. The van der Waals surface area contributed by atoms with Crippen molar-refractivity contribution in [1.82, 2.24) is 10.2 Å². The molecular weight excluding hydrogens is 350 g/mol. The van der Waals surface area contributed by atoms with E-state index in [4.69, 9.17) is 0 Å². The van der Waals surface area contributed by atoms with Crippen molar-refractivity contribution in [3.63, 3.8) is 0 Å². The number of para-hydroxylation sites is 1. The van der Waals surface area contributed by atoms with Crippen LogP contribution in [0.1, 0.15) is 30.0 Å². The first-order chi connectivity index (χ1) is 13.6. The predicted octanol–water partition coefficient (Wildman–Crippen LogP) is 2.53. The number of carbonyl (C=O) groups is 2. The van der Waals surface area contributed by atoms with Crippen molar-refractivity contribution in [2.75, 3.05) is 24.5 Å². The van der Waals surface area contributed by atoms with Gasteiger partial charge in [0.1, 0.15) is 6.04 Å². The molecular formula is C23H27N3O2. The summed E-state index contributed by atoms with van der Waals surface area (Å²) in [6, 6.07) is 16.0. The highest BCUT2D eigenvalue weighted by molar-refractivity contribution is 6.02. The van der Waals surface area contributed by atoms with Crippen LogP contribution in [-0.2, 0) is 29.0 Å². The highest BCUT2D eigenvalue weighted by atomic mass is 16.2. The van der Waals surface area contributed by atoms with E-state index >= 15 is 0 Å². The van der Waals surface area contributed by atoms with Crippen LogP contribution in [0.5, 0.6) is 0 Å². The van der Waals surface area contributed by atoms with E-state index in [1.165, 1.54) is 18.1 Å². The van der Waals surface area contributed by atoms with Gasteiger partial charge in [-0.1, -0.05) is 42.5 Å². The van der Waals surface area contributed by atoms with E-state index in [0.29, 0.717) is 13.0 Å². The third-order valence-electron chi connectivity index (χ3n) is 5.78. The largest absolute Gasteiger partial charge is 0.354 e. The molecule has 5 nitrogen and oxygen atoms in total. The lowest BCUT2D eigenvalue weighted by molar-refractivity contribution is -0.125. The second-order valence-corrected chi connectivity index (χ2v) is 7.68. The van der Waals surface area contributed by atoms with Crippen LogP contribution < -0.4 is 10.2 Å². The van der Waals surface area contributed by atoms with E-state index < -0.39 is 6.04 Å². The molecule has 0 aliphatic carbocycles. The minimum absolute atomic E-state index is 0.0598. The molecule has 28 heavy (non-hydrogen) atoms. The van der Waals surface area contributed by atoms with Gasteiger partial charge in [0.05, 0.1) is 0 Å². The summed E-state index contributed by atoms with van der Waals surface area (Å²) in [4.78, 5) is 28.9. The molecule has 1 N–H and O–H groups in total. The molecule has 0 radical (unpaired) electrons. The maximum atomic E-state index is 12.7. The lowest BCUT2D eigenvalue weighted by atomic mass is 10.00. The van der Waals surface area contributed by atoms with Crippen molar-refractivity contribution in [1.29, 1.82) is 0 Å². The molecule has 2 amide bonds. The molecule has 0 saturated carbocycles. The van der Waals surface area contributed by atoms with E-state index in [0.717, 1.165) is 43.7 Å². The van der Waals surface area contributed by atoms with Crippen LogP contribution in [0.25, 0.3) is 0 Å². The summed E-state index contributed by atoms with van der Waals surface area (Å²) in [6.07, 6.45) is 2.59. The Labute approximate surface area is 166 Å². The van der Waals surface area contributed by atoms with Crippen LogP contribution in [-0.4, -0.2) is 42.4 Å². The quantitative estimate of drug-likeness (QED) is 0.815. The minimum Gasteiger partial charge on any atom is -0.354 e. The van der Waals surface area contributed by atoms with Gasteiger partial charge in [-0.2, -0.15) is 0 Å². The summed E-state index contributed by atoms with van der Waals surface area (Å²) in [5.41, 5.74) is 4.79. The number of nitrogens with one attached hydrogen (secondary N) is 1. The van der Waals surface area contributed by atoms with Gasteiger partial charge < -0.3 is 5.32 Å². The Kier molecular flexibility index (Phi) is 5.44. The van der Waals surface area contributed by atoms with Gasteiger partial charge in [0.15, 0.2) is 0 Å². The van der Waals surface area contributed by atoms with Crippen molar-refractivity contribution in [2.45, 2.75) is 38.8 Å². The van der Waals surface area contributed by atoms with E-state index in [1.54, 1.807) is 4.90 Å². The van der Waals surface area contributed by atoms with Gasteiger partial charge in [-0.05, 0) is 35.6 Å². The number of benzene rings is 2. The molecule has 1 atom stereocenters. The second-order valence-electron chi connectivity index (χ2n) is 7.68. The molecule has 2 aliphatic rings. The zero-order valence-electron chi connectivity index (χ0n) is 16.4. The Balaban J connectivity index is 1.27. The SMILES string of the molecule is CC(=O)N1c2ccccc2CC1C(=O)NCCCN1CCc2ccccc2C1. The van der Waals surface area contributed by atoms with E-state index in [1.807, 2.05) is 24.3 Å². The first-order valence-electron chi connectivity index (χ1n) is 10.1. The van der Waals surface area contributed by atoms with E-state index in [9.17, 15) is 9.59 Å². The average Bonchev–Trinajstić information content (AvgIpc) is 3.11. The van der Waals surface area contributed by atoms with Gasteiger partial charge in [-0.3, -0.25) is 19.4 Å². The Hall–Kier alpha value is -2.66. The predicted molar refractivity (Wildman–Crippen MR) is 110 cm³/mol. The number of carbonyl (C=O) groups excluding carboxylic acids is 2. The standard InChI is InChI=1S/C23H27N3O2/c1-17(27)26-21-10-5-4-8-19(21)15-22(26)23(28)24-12-6-13-25-14-11-18-7-2-3-9-20(18)16-25/h2-5,7-10,22H,6,11-16H2,1H3,(H,24,28). The maximum Gasteiger partial charge on any atom is 0.243 e. The topological polar surface area (TPSA) is 52.7 Å². The minimum atomic E-state index is -0.434. The molecule has 0 bridgehead atoms. The Bertz CT molecular complexity index is 880. The third-order valence-corrected chi connectivity index (χ3v) is 5.78. The Morgan fingerprint density at radius 2 is 1.75 bits per heavy atom. The molecule has 0 spiro atoms. The number of amides is 2. The average molecular weight is 377 g/mol. The molecule has 5 heteroatoms. The fourth-order valence-electron chi connectivity index (χ4n) is 4.36. The fraction of sp³-hybridized carbons (Fsp3) is 0.391. The van der Waals surface area contributed by atoms with Crippen molar-refractivity contribution >= 4 is 17.5 Å². The number of anilines is 1. The van der Waals surface area contributed by atoms with Gasteiger partial charge in [0, 0.05) is 45.2 Å².